The molecule has 0 amide bonds. The lowest BCUT2D eigenvalue weighted by molar-refractivity contribution is 0.00578. The normalized spacial score (nSPS) is 19.6. The molecule has 0 aliphatic carbocycles. The summed E-state index contributed by atoms with van der Waals surface area (Å²) in [5.74, 6) is -0.393. The number of aromatic hydroxyl groups is 1. The van der Waals surface area contributed by atoms with Gasteiger partial charge in [0.05, 0.1) is 23.9 Å². The third-order valence-corrected chi connectivity index (χ3v) is 4.28. The Bertz CT molecular complexity index is 564. The number of phenolic OH excluding ortho intramolecular Hbond substituents is 1. The maximum atomic E-state index is 12.0. The van der Waals surface area contributed by atoms with E-state index in [0.29, 0.717) is 16.6 Å². The summed E-state index contributed by atoms with van der Waals surface area (Å²) in [4.78, 5) is 12.0. The van der Waals surface area contributed by atoms with Crippen LogP contribution in [0.3, 0.4) is 0 Å². The minimum atomic E-state index is -0.726. The first kappa shape index (κ1) is 15.9. The second-order valence-electron chi connectivity index (χ2n) is 6.31. The van der Waals surface area contributed by atoms with Gasteiger partial charge in [-0.05, 0) is 52.3 Å². The summed E-state index contributed by atoms with van der Waals surface area (Å²) in [6.45, 7) is 9.44. The highest BCUT2D eigenvalue weighted by Crippen LogP contribution is 2.37. The lowest BCUT2D eigenvalue weighted by Crippen LogP contribution is -2.41. The van der Waals surface area contributed by atoms with Crippen molar-refractivity contribution in [2.24, 2.45) is 0 Å². The maximum absolute atomic E-state index is 12.0. The summed E-state index contributed by atoms with van der Waals surface area (Å²) in [5.41, 5.74) is 0.363. The summed E-state index contributed by atoms with van der Waals surface area (Å²) in [6, 6.07) is 3.09. The molecule has 21 heavy (non-hydrogen) atoms. The van der Waals surface area contributed by atoms with Gasteiger partial charge in [-0.3, -0.25) is 0 Å². The minimum absolute atomic E-state index is 0.0902. The summed E-state index contributed by atoms with van der Waals surface area (Å²) in [6.07, 6.45) is 0. The number of carbonyl (C=O) groups excluding carboxylic acids is 1. The van der Waals surface area contributed by atoms with Crippen molar-refractivity contribution in [3.8, 4) is 5.75 Å². The highest BCUT2D eigenvalue weighted by atomic mass is 16.7. The van der Waals surface area contributed by atoms with E-state index in [0.717, 1.165) is 0 Å². The lowest BCUT2D eigenvalue weighted by atomic mass is 9.75. The molecule has 1 aliphatic heterocycles. The molecule has 1 aromatic carbocycles. The number of esters is 1. The Morgan fingerprint density at radius 1 is 1.19 bits per heavy atom. The molecule has 1 aromatic rings. The van der Waals surface area contributed by atoms with Gasteiger partial charge in [0.2, 0.25) is 0 Å². The number of rotatable bonds is 2. The Kier molecular flexibility index (Phi) is 3.80. The summed E-state index contributed by atoms with van der Waals surface area (Å²) >= 11 is 0. The van der Waals surface area contributed by atoms with Crippen LogP contribution in [-0.2, 0) is 14.0 Å². The van der Waals surface area contributed by atoms with Crippen LogP contribution in [0.25, 0.3) is 0 Å². The Morgan fingerprint density at radius 3 is 2.19 bits per heavy atom. The number of hydrogen-bond donors (Lipinski definition) is 1. The fraction of sp³-hybridized carbons (Fsp3) is 0.533. The van der Waals surface area contributed by atoms with Crippen LogP contribution in [0.1, 0.15) is 43.6 Å². The van der Waals surface area contributed by atoms with E-state index in [4.69, 9.17) is 14.0 Å². The van der Waals surface area contributed by atoms with Gasteiger partial charge in [-0.25, -0.2) is 4.79 Å². The number of carbonyl (C=O) groups is 1. The lowest BCUT2D eigenvalue weighted by Gasteiger charge is -2.32. The zero-order valence-corrected chi connectivity index (χ0v) is 13.3. The second kappa shape index (κ2) is 5.03. The first-order chi connectivity index (χ1) is 9.59. The van der Waals surface area contributed by atoms with Crippen molar-refractivity contribution in [3.05, 3.63) is 23.3 Å². The summed E-state index contributed by atoms with van der Waals surface area (Å²) < 4.78 is 16.7. The molecule has 0 atom stereocenters. The quantitative estimate of drug-likeness (QED) is 0.665. The third-order valence-electron chi connectivity index (χ3n) is 4.28. The van der Waals surface area contributed by atoms with E-state index < -0.39 is 24.3 Å². The van der Waals surface area contributed by atoms with E-state index in [2.05, 4.69) is 0 Å². The molecule has 0 bridgehead atoms. The second-order valence-corrected chi connectivity index (χ2v) is 6.31. The van der Waals surface area contributed by atoms with Gasteiger partial charge < -0.3 is 19.2 Å². The van der Waals surface area contributed by atoms with Crippen LogP contribution in [0, 0.1) is 6.92 Å². The van der Waals surface area contributed by atoms with Crippen LogP contribution in [0.15, 0.2) is 12.1 Å². The van der Waals surface area contributed by atoms with Crippen LogP contribution < -0.4 is 5.46 Å². The molecule has 1 N–H and O–H groups in total. The van der Waals surface area contributed by atoms with Crippen LogP contribution in [0.4, 0.5) is 0 Å². The largest absolute Gasteiger partial charge is 0.508 e. The van der Waals surface area contributed by atoms with Crippen LogP contribution >= 0.6 is 0 Å². The molecule has 0 unspecified atom stereocenters. The van der Waals surface area contributed by atoms with E-state index in [1.165, 1.54) is 13.2 Å². The molecule has 2 rings (SSSR count). The Morgan fingerprint density at radius 2 is 1.71 bits per heavy atom. The predicted molar refractivity (Wildman–Crippen MR) is 79.9 cm³/mol. The Labute approximate surface area is 125 Å². The number of hydrogen-bond acceptors (Lipinski definition) is 5. The van der Waals surface area contributed by atoms with Crippen molar-refractivity contribution in [1.82, 2.24) is 0 Å². The first-order valence-corrected chi connectivity index (χ1v) is 6.86. The molecule has 1 aliphatic rings. The molecule has 1 saturated heterocycles. The van der Waals surface area contributed by atoms with Gasteiger partial charge in [0, 0.05) is 5.46 Å². The Balaban J connectivity index is 2.50. The zero-order valence-electron chi connectivity index (χ0n) is 13.3. The van der Waals surface area contributed by atoms with Gasteiger partial charge in [0.1, 0.15) is 5.75 Å². The summed E-state index contributed by atoms with van der Waals surface area (Å²) in [5, 5.41) is 9.94. The average Bonchev–Trinajstić information content (AvgIpc) is 2.60. The van der Waals surface area contributed by atoms with Crippen molar-refractivity contribution in [1.29, 1.82) is 0 Å². The fourth-order valence-electron chi connectivity index (χ4n) is 2.16. The van der Waals surface area contributed by atoms with E-state index in [1.54, 1.807) is 13.0 Å². The molecule has 0 saturated carbocycles. The van der Waals surface area contributed by atoms with E-state index in [9.17, 15) is 9.90 Å². The van der Waals surface area contributed by atoms with Gasteiger partial charge in [0.25, 0.3) is 0 Å². The molecular formula is C15H21BO5. The molecule has 6 heteroatoms. The Hall–Kier alpha value is -1.53. The van der Waals surface area contributed by atoms with Gasteiger partial charge in [0.15, 0.2) is 0 Å². The highest BCUT2D eigenvalue weighted by Gasteiger charge is 2.52. The van der Waals surface area contributed by atoms with Gasteiger partial charge in [-0.15, -0.1) is 0 Å². The number of phenols is 1. The average molecular weight is 292 g/mol. The third kappa shape index (κ3) is 2.65. The van der Waals surface area contributed by atoms with Gasteiger partial charge >= 0.3 is 13.1 Å². The van der Waals surface area contributed by atoms with Crippen molar-refractivity contribution in [2.75, 3.05) is 7.11 Å². The van der Waals surface area contributed by atoms with Crippen molar-refractivity contribution < 1.29 is 23.9 Å². The number of aryl methyl sites for hydroxylation is 1. The SMILES string of the molecule is COC(=O)c1cc(C)c(O)cc1B1OC(C)(C)C(C)(C)O1. The van der Waals surface area contributed by atoms with Crippen molar-refractivity contribution >= 4 is 18.6 Å². The maximum Gasteiger partial charge on any atom is 0.495 e. The predicted octanol–water partition coefficient (Wildman–Crippen LogP) is 1.79. The molecule has 1 fully saturated rings. The molecule has 0 radical (unpaired) electrons. The number of methoxy groups -OCH3 is 1. The smallest absolute Gasteiger partial charge is 0.495 e. The molecule has 0 spiro atoms. The molecular weight excluding hydrogens is 271 g/mol. The molecule has 1 heterocycles. The minimum Gasteiger partial charge on any atom is -0.508 e. The number of benzene rings is 1. The highest BCUT2D eigenvalue weighted by molar-refractivity contribution is 6.63. The molecule has 5 nitrogen and oxygen atoms in total. The van der Waals surface area contributed by atoms with E-state index in [1.807, 2.05) is 27.7 Å². The van der Waals surface area contributed by atoms with Gasteiger partial charge in [-0.2, -0.15) is 0 Å². The zero-order chi connectivity index (χ0) is 16.0. The molecule has 0 aromatic heterocycles. The van der Waals surface area contributed by atoms with E-state index in [-0.39, 0.29) is 5.75 Å². The monoisotopic (exact) mass is 292 g/mol. The van der Waals surface area contributed by atoms with E-state index >= 15 is 0 Å². The standard InChI is InChI=1S/C15H21BO5/c1-9-7-10(13(18)19-6)11(8-12(9)17)16-20-14(2,3)15(4,5)21-16/h7-8,17H,1-6H3. The van der Waals surface area contributed by atoms with Gasteiger partial charge in [-0.1, -0.05) is 0 Å². The summed E-state index contributed by atoms with van der Waals surface area (Å²) in [7, 11) is 0.592. The topological polar surface area (TPSA) is 65.0 Å². The fourth-order valence-corrected chi connectivity index (χ4v) is 2.16. The van der Waals surface area contributed by atoms with Crippen molar-refractivity contribution in [3.63, 3.8) is 0 Å². The number of ether oxygens (including phenoxy) is 1. The van der Waals surface area contributed by atoms with Crippen molar-refractivity contribution in [2.45, 2.75) is 45.8 Å². The van der Waals surface area contributed by atoms with Crippen LogP contribution in [0.5, 0.6) is 5.75 Å². The first-order valence-electron chi connectivity index (χ1n) is 6.86. The van der Waals surface area contributed by atoms with Crippen LogP contribution in [-0.4, -0.2) is 36.5 Å². The van der Waals surface area contributed by atoms with Crippen LogP contribution in [0.2, 0.25) is 0 Å². The molecule has 114 valence electrons.